The molecule has 0 fully saturated rings. The molecular formula is C17H19ClN2O4. The van der Waals surface area contributed by atoms with Gasteiger partial charge >= 0.3 is 5.97 Å². The number of carboxylic acids is 1. The standard InChI is InChI=1S/C17H19ClN2O4/c1-10(2)7-11(17(22)23)9-19-16(21)14-8-15(24-20-14)12-5-3-4-6-13(12)18/h3-6,8,10-11H,7,9H2,1-2H3,(H,19,21)(H,22,23). The Labute approximate surface area is 144 Å². The molecule has 1 aromatic heterocycles. The summed E-state index contributed by atoms with van der Waals surface area (Å²) in [6.07, 6.45) is 0.485. The van der Waals surface area contributed by atoms with Crippen LogP contribution in [-0.2, 0) is 4.79 Å². The van der Waals surface area contributed by atoms with Crippen molar-refractivity contribution in [3.63, 3.8) is 0 Å². The van der Waals surface area contributed by atoms with Crippen LogP contribution >= 0.6 is 11.6 Å². The van der Waals surface area contributed by atoms with Gasteiger partial charge in [0.2, 0.25) is 0 Å². The van der Waals surface area contributed by atoms with E-state index in [-0.39, 0.29) is 18.2 Å². The molecule has 0 radical (unpaired) electrons. The SMILES string of the molecule is CC(C)CC(CNC(=O)c1cc(-c2ccccc2Cl)on1)C(=O)O. The Morgan fingerprint density at radius 2 is 2.04 bits per heavy atom. The van der Waals surface area contributed by atoms with Gasteiger partial charge in [0.25, 0.3) is 5.91 Å². The Kier molecular flexibility index (Phi) is 5.98. The van der Waals surface area contributed by atoms with Crippen molar-refractivity contribution in [2.45, 2.75) is 20.3 Å². The first kappa shape index (κ1) is 18.0. The van der Waals surface area contributed by atoms with Gasteiger partial charge in [-0.15, -0.1) is 0 Å². The van der Waals surface area contributed by atoms with Crippen LogP contribution in [0.25, 0.3) is 11.3 Å². The molecule has 0 aliphatic heterocycles. The lowest BCUT2D eigenvalue weighted by Gasteiger charge is -2.14. The molecule has 128 valence electrons. The third-order valence-corrected chi connectivity index (χ3v) is 3.83. The van der Waals surface area contributed by atoms with Gasteiger partial charge in [0.1, 0.15) is 0 Å². The zero-order valence-corrected chi connectivity index (χ0v) is 14.2. The Balaban J connectivity index is 2.03. The van der Waals surface area contributed by atoms with Gasteiger partial charge in [0.15, 0.2) is 11.5 Å². The molecule has 1 heterocycles. The molecular weight excluding hydrogens is 332 g/mol. The molecule has 0 saturated carbocycles. The van der Waals surface area contributed by atoms with E-state index in [1.165, 1.54) is 6.07 Å². The molecule has 0 bridgehead atoms. The maximum atomic E-state index is 12.1. The fraction of sp³-hybridized carbons (Fsp3) is 0.353. The number of carbonyl (C=O) groups excluding carboxylic acids is 1. The molecule has 0 aliphatic rings. The maximum Gasteiger partial charge on any atom is 0.308 e. The van der Waals surface area contributed by atoms with E-state index in [0.29, 0.717) is 22.8 Å². The van der Waals surface area contributed by atoms with E-state index in [1.54, 1.807) is 24.3 Å². The molecule has 0 spiro atoms. The minimum Gasteiger partial charge on any atom is -0.481 e. The number of amides is 1. The second kappa shape index (κ2) is 7.97. The molecule has 2 aromatic rings. The molecule has 0 saturated heterocycles. The zero-order valence-electron chi connectivity index (χ0n) is 13.5. The fourth-order valence-corrected chi connectivity index (χ4v) is 2.55. The molecule has 1 amide bonds. The van der Waals surface area contributed by atoms with Crippen LogP contribution in [0.15, 0.2) is 34.9 Å². The van der Waals surface area contributed by atoms with Crippen LogP contribution < -0.4 is 5.32 Å². The van der Waals surface area contributed by atoms with Crippen LogP contribution in [0.1, 0.15) is 30.8 Å². The highest BCUT2D eigenvalue weighted by atomic mass is 35.5. The second-order valence-corrected chi connectivity index (χ2v) is 6.34. The van der Waals surface area contributed by atoms with Crippen LogP contribution in [0.3, 0.4) is 0 Å². The van der Waals surface area contributed by atoms with E-state index in [2.05, 4.69) is 10.5 Å². The van der Waals surface area contributed by atoms with Crippen molar-refractivity contribution >= 4 is 23.5 Å². The van der Waals surface area contributed by atoms with Gasteiger partial charge in [-0.05, 0) is 24.5 Å². The van der Waals surface area contributed by atoms with E-state index in [1.807, 2.05) is 13.8 Å². The number of rotatable bonds is 7. The first-order chi connectivity index (χ1) is 11.4. The normalized spacial score (nSPS) is 12.2. The molecule has 1 unspecified atom stereocenters. The molecule has 2 rings (SSSR count). The summed E-state index contributed by atoms with van der Waals surface area (Å²) < 4.78 is 5.16. The molecule has 1 aromatic carbocycles. The average Bonchev–Trinajstić information content (AvgIpc) is 3.00. The maximum absolute atomic E-state index is 12.1. The monoisotopic (exact) mass is 350 g/mol. The first-order valence-electron chi connectivity index (χ1n) is 7.61. The fourth-order valence-electron chi connectivity index (χ4n) is 2.32. The summed E-state index contributed by atoms with van der Waals surface area (Å²) in [5.74, 6) is -1.44. The highest BCUT2D eigenvalue weighted by molar-refractivity contribution is 6.33. The topological polar surface area (TPSA) is 92.4 Å². The van der Waals surface area contributed by atoms with Crippen molar-refractivity contribution in [2.24, 2.45) is 11.8 Å². The summed E-state index contributed by atoms with van der Waals surface area (Å²) in [7, 11) is 0. The summed E-state index contributed by atoms with van der Waals surface area (Å²) in [6.45, 7) is 3.91. The van der Waals surface area contributed by atoms with Gasteiger partial charge < -0.3 is 14.9 Å². The summed E-state index contributed by atoms with van der Waals surface area (Å²) >= 11 is 6.08. The Morgan fingerprint density at radius 3 is 2.67 bits per heavy atom. The minimum absolute atomic E-state index is 0.0423. The van der Waals surface area contributed by atoms with Crippen molar-refractivity contribution in [2.75, 3.05) is 6.54 Å². The number of benzene rings is 1. The number of halogens is 1. The van der Waals surface area contributed by atoms with Gasteiger partial charge in [0, 0.05) is 18.2 Å². The summed E-state index contributed by atoms with van der Waals surface area (Å²) in [6, 6.07) is 8.54. The van der Waals surface area contributed by atoms with E-state index in [0.717, 1.165) is 0 Å². The van der Waals surface area contributed by atoms with Crippen LogP contribution in [0, 0.1) is 11.8 Å². The Bertz CT molecular complexity index is 727. The molecule has 0 aliphatic carbocycles. The van der Waals surface area contributed by atoms with Crippen molar-refractivity contribution in [1.29, 1.82) is 0 Å². The third-order valence-electron chi connectivity index (χ3n) is 3.50. The Morgan fingerprint density at radius 1 is 1.33 bits per heavy atom. The third kappa shape index (κ3) is 4.58. The summed E-state index contributed by atoms with van der Waals surface area (Å²) in [4.78, 5) is 23.3. The lowest BCUT2D eigenvalue weighted by Crippen LogP contribution is -2.33. The van der Waals surface area contributed by atoms with Crippen LogP contribution in [0.5, 0.6) is 0 Å². The molecule has 2 N–H and O–H groups in total. The van der Waals surface area contributed by atoms with E-state index < -0.39 is 17.8 Å². The predicted octanol–water partition coefficient (Wildman–Crippen LogP) is 3.47. The highest BCUT2D eigenvalue weighted by Crippen LogP contribution is 2.27. The number of carbonyl (C=O) groups is 2. The van der Waals surface area contributed by atoms with Gasteiger partial charge in [-0.1, -0.05) is 42.7 Å². The van der Waals surface area contributed by atoms with Crippen molar-refractivity contribution in [1.82, 2.24) is 10.5 Å². The predicted molar refractivity (Wildman–Crippen MR) is 89.9 cm³/mol. The molecule has 7 heteroatoms. The number of nitrogens with one attached hydrogen (secondary N) is 1. The molecule has 24 heavy (non-hydrogen) atoms. The van der Waals surface area contributed by atoms with Crippen molar-refractivity contribution in [3.05, 3.63) is 41.0 Å². The summed E-state index contributed by atoms with van der Waals surface area (Å²) in [5.41, 5.74) is 0.715. The largest absolute Gasteiger partial charge is 0.481 e. The number of aliphatic carboxylic acids is 1. The lowest BCUT2D eigenvalue weighted by molar-refractivity contribution is -0.142. The van der Waals surface area contributed by atoms with E-state index in [4.69, 9.17) is 16.1 Å². The minimum atomic E-state index is -0.930. The average molecular weight is 351 g/mol. The van der Waals surface area contributed by atoms with Crippen molar-refractivity contribution < 1.29 is 19.2 Å². The van der Waals surface area contributed by atoms with Crippen LogP contribution in [0.2, 0.25) is 5.02 Å². The van der Waals surface area contributed by atoms with Crippen LogP contribution in [-0.4, -0.2) is 28.7 Å². The molecule has 1 atom stereocenters. The Hall–Kier alpha value is -2.34. The number of aromatic nitrogens is 1. The van der Waals surface area contributed by atoms with Gasteiger partial charge in [-0.2, -0.15) is 0 Å². The quantitative estimate of drug-likeness (QED) is 0.797. The molecule has 6 nitrogen and oxygen atoms in total. The first-order valence-corrected chi connectivity index (χ1v) is 7.99. The van der Waals surface area contributed by atoms with Crippen LogP contribution in [0.4, 0.5) is 0 Å². The van der Waals surface area contributed by atoms with Crippen molar-refractivity contribution in [3.8, 4) is 11.3 Å². The smallest absolute Gasteiger partial charge is 0.308 e. The lowest BCUT2D eigenvalue weighted by atomic mass is 9.97. The number of nitrogens with zero attached hydrogens (tertiary/aromatic N) is 1. The number of hydrogen-bond acceptors (Lipinski definition) is 4. The number of hydrogen-bond donors (Lipinski definition) is 2. The highest BCUT2D eigenvalue weighted by Gasteiger charge is 2.21. The van der Waals surface area contributed by atoms with E-state index in [9.17, 15) is 14.7 Å². The van der Waals surface area contributed by atoms with Gasteiger partial charge in [0.05, 0.1) is 10.9 Å². The van der Waals surface area contributed by atoms with E-state index >= 15 is 0 Å². The van der Waals surface area contributed by atoms with Gasteiger partial charge in [-0.25, -0.2) is 0 Å². The van der Waals surface area contributed by atoms with Gasteiger partial charge in [-0.3, -0.25) is 9.59 Å². The summed E-state index contributed by atoms with van der Waals surface area (Å²) in [5, 5.41) is 16.0. The second-order valence-electron chi connectivity index (χ2n) is 5.93. The number of carboxylic acid groups (broad SMARTS) is 1. The zero-order chi connectivity index (χ0) is 17.7.